The fourth-order valence-corrected chi connectivity index (χ4v) is 3.41. The van der Waals surface area contributed by atoms with Gasteiger partial charge < -0.3 is 4.74 Å². The summed E-state index contributed by atoms with van der Waals surface area (Å²) in [5.41, 5.74) is 0. The zero-order chi connectivity index (χ0) is 17.5. The van der Waals surface area contributed by atoms with Crippen LogP contribution in [0, 0.1) is 11.8 Å². The number of carbonyl (C=O) groups excluding carboxylic acids is 1. The first kappa shape index (κ1) is 18.8. The summed E-state index contributed by atoms with van der Waals surface area (Å²) in [6, 6.07) is 0. The van der Waals surface area contributed by atoms with E-state index in [-0.39, 0.29) is 11.8 Å². The van der Waals surface area contributed by atoms with Gasteiger partial charge in [0.25, 0.3) is 4.75 Å². The largest absolute Gasteiger partial charge is 0.416 e. The molecule has 3 unspecified atom stereocenters. The van der Waals surface area contributed by atoms with Gasteiger partial charge in [0.2, 0.25) is 0 Å². The molecule has 2 bridgehead atoms. The second kappa shape index (κ2) is 6.39. The minimum absolute atomic E-state index is 0.360. The van der Waals surface area contributed by atoms with E-state index in [1.165, 1.54) is 0 Å². The Morgan fingerprint density at radius 2 is 1.74 bits per heavy atom. The van der Waals surface area contributed by atoms with Gasteiger partial charge in [-0.05, 0) is 25.2 Å². The zero-order valence-corrected chi connectivity index (χ0v) is 12.1. The Hall–Kier alpha value is -0.560. The molecule has 23 heavy (non-hydrogen) atoms. The number of hydrogen-bond donors (Lipinski definition) is 1. The van der Waals surface area contributed by atoms with Gasteiger partial charge in [-0.15, -0.1) is 4.33 Å². The van der Waals surface area contributed by atoms with Gasteiger partial charge in [0.15, 0.2) is 5.78 Å². The summed E-state index contributed by atoms with van der Waals surface area (Å²) in [6.07, 6.45) is -11.4. The van der Waals surface area contributed by atoms with Crippen molar-refractivity contribution in [1.82, 2.24) is 0 Å². The summed E-state index contributed by atoms with van der Waals surface area (Å²) in [4.78, 5) is 11.8. The molecule has 2 aliphatic rings. The van der Waals surface area contributed by atoms with Crippen LogP contribution in [0.25, 0.3) is 0 Å². The zero-order valence-electron chi connectivity index (χ0n) is 11.3. The van der Waals surface area contributed by atoms with E-state index in [0.717, 1.165) is 0 Å². The number of ether oxygens (including phenoxy) is 1. The van der Waals surface area contributed by atoms with Crippen molar-refractivity contribution in [3.63, 3.8) is 0 Å². The number of fused-ring (bicyclic) bond motifs is 2. The van der Waals surface area contributed by atoms with Crippen molar-refractivity contribution in [2.45, 2.75) is 42.5 Å². The Bertz CT molecular complexity index is 439. The van der Waals surface area contributed by atoms with E-state index >= 15 is 0 Å². The van der Waals surface area contributed by atoms with Crippen molar-refractivity contribution in [1.29, 1.82) is 0 Å². The third kappa shape index (κ3) is 3.31. The van der Waals surface area contributed by atoms with E-state index in [4.69, 9.17) is 9.99 Å². The van der Waals surface area contributed by atoms with Crippen LogP contribution in [0.3, 0.4) is 0 Å². The van der Waals surface area contributed by atoms with Gasteiger partial charge in [-0.2, -0.15) is 26.3 Å². The molecule has 0 saturated heterocycles. The molecule has 0 aromatic rings. The monoisotopic (exact) mass is 370 g/mol. The standard InChI is InChI=1S/C11H12F6O5S/c12-10(13,14)9(11(15,16)17,23-22-21-19)4-20-8-6-2-1-5(3-6)7(8)18/h5-6,8,19H,1-4H2. The highest BCUT2D eigenvalue weighted by Crippen LogP contribution is 2.53. The van der Waals surface area contributed by atoms with Crippen molar-refractivity contribution in [2.24, 2.45) is 11.8 Å². The molecule has 2 fully saturated rings. The molecule has 0 spiro atoms. The van der Waals surface area contributed by atoms with Crippen LogP contribution in [0.4, 0.5) is 26.3 Å². The van der Waals surface area contributed by atoms with E-state index in [0.29, 0.717) is 19.3 Å². The molecule has 0 heterocycles. The average molecular weight is 370 g/mol. The van der Waals surface area contributed by atoms with Gasteiger partial charge in [0.1, 0.15) is 6.10 Å². The van der Waals surface area contributed by atoms with Crippen molar-refractivity contribution < 1.29 is 50.5 Å². The summed E-state index contributed by atoms with van der Waals surface area (Å²) in [5.74, 6) is -1.20. The quantitative estimate of drug-likeness (QED) is 0.335. The van der Waals surface area contributed by atoms with Crippen LogP contribution in [-0.4, -0.2) is 40.9 Å². The summed E-state index contributed by atoms with van der Waals surface area (Å²) < 4.78 is 81.8. The molecular weight excluding hydrogens is 358 g/mol. The Balaban J connectivity index is 2.18. The molecule has 3 atom stereocenters. The minimum atomic E-state index is -5.82. The van der Waals surface area contributed by atoms with Crippen LogP contribution in [0.1, 0.15) is 19.3 Å². The molecule has 1 N–H and O–H groups in total. The Morgan fingerprint density at radius 3 is 2.17 bits per heavy atom. The first-order valence-corrected chi connectivity index (χ1v) is 7.22. The molecule has 0 aromatic heterocycles. The average Bonchev–Trinajstić information content (AvgIpc) is 2.98. The lowest BCUT2D eigenvalue weighted by Gasteiger charge is -2.35. The lowest BCUT2D eigenvalue weighted by molar-refractivity contribution is -0.434. The van der Waals surface area contributed by atoms with E-state index < -0.39 is 47.6 Å². The molecule has 12 heteroatoms. The van der Waals surface area contributed by atoms with Gasteiger partial charge in [-0.25, -0.2) is 5.26 Å². The molecule has 0 aliphatic heterocycles. The number of ketones is 1. The topological polar surface area (TPSA) is 65.0 Å². The Labute approximate surface area is 130 Å². The lowest BCUT2D eigenvalue weighted by Crippen LogP contribution is -2.58. The lowest BCUT2D eigenvalue weighted by atomic mass is 9.96. The molecule has 5 nitrogen and oxygen atoms in total. The fourth-order valence-electron chi connectivity index (χ4n) is 2.96. The van der Waals surface area contributed by atoms with E-state index in [1.54, 1.807) is 0 Å². The van der Waals surface area contributed by atoms with E-state index in [9.17, 15) is 31.1 Å². The van der Waals surface area contributed by atoms with Gasteiger partial charge in [-0.1, -0.05) is 5.04 Å². The maximum Gasteiger partial charge on any atom is 0.416 e. The highest BCUT2D eigenvalue weighted by atomic mass is 32.2. The van der Waals surface area contributed by atoms with Crippen LogP contribution in [0.5, 0.6) is 0 Å². The van der Waals surface area contributed by atoms with Crippen LogP contribution in [-0.2, 0) is 18.9 Å². The number of alkyl halides is 6. The molecule has 0 aromatic carbocycles. The number of rotatable bonds is 6. The van der Waals surface area contributed by atoms with Crippen molar-refractivity contribution in [3.8, 4) is 0 Å². The third-order valence-corrected chi connectivity index (χ3v) is 5.17. The number of carbonyl (C=O) groups is 1. The summed E-state index contributed by atoms with van der Waals surface area (Å²) in [5, 5.41) is 10.8. The number of halogens is 6. The van der Waals surface area contributed by atoms with E-state index in [1.807, 2.05) is 0 Å². The second-order valence-electron chi connectivity index (χ2n) is 5.45. The predicted molar refractivity (Wildman–Crippen MR) is 62.8 cm³/mol. The molecule has 2 rings (SSSR count). The number of hydrogen-bond acceptors (Lipinski definition) is 6. The summed E-state index contributed by atoms with van der Waals surface area (Å²) in [7, 11) is 0. The van der Waals surface area contributed by atoms with Crippen molar-refractivity contribution >= 4 is 17.8 Å². The molecular formula is C11H12F6O5S. The maximum atomic E-state index is 13.0. The molecule has 134 valence electrons. The summed E-state index contributed by atoms with van der Waals surface area (Å²) in [6.45, 7) is -1.88. The van der Waals surface area contributed by atoms with E-state index in [2.05, 4.69) is 9.37 Å². The van der Waals surface area contributed by atoms with Crippen LogP contribution >= 0.6 is 12.0 Å². The Kier molecular flexibility index (Phi) is 5.22. The van der Waals surface area contributed by atoms with Gasteiger partial charge in [0, 0.05) is 5.92 Å². The molecule has 0 radical (unpaired) electrons. The van der Waals surface area contributed by atoms with Crippen molar-refractivity contribution in [3.05, 3.63) is 0 Å². The third-order valence-electron chi connectivity index (χ3n) is 4.17. The normalized spacial score (nSPS) is 28.7. The highest BCUT2D eigenvalue weighted by molar-refractivity contribution is 7.96. The molecule has 0 amide bonds. The fraction of sp³-hybridized carbons (Fsp3) is 0.909. The second-order valence-corrected chi connectivity index (χ2v) is 6.45. The molecule has 2 saturated carbocycles. The van der Waals surface area contributed by atoms with Crippen LogP contribution < -0.4 is 0 Å². The summed E-state index contributed by atoms with van der Waals surface area (Å²) >= 11 is -1.17. The van der Waals surface area contributed by atoms with Gasteiger partial charge in [-0.3, -0.25) is 4.79 Å². The van der Waals surface area contributed by atoms with Gasteiger partial charge >= 0.3 is 12.4 Å². The molecule has 2 aliphatic carbocycles. The highest BCUT2D eigenvalue weighted by Gasteiger charge is 2.73. The predicted octanol–water partition coefficient (Wildman–Crippen LogP) is 3.30. The minimum Gasteiger partial charge on any atom is -0.368 e. The number of Topliss-reactive ketones (excluding diaryl/α,β-unsaturated/α-hetero) is 1. The SMILES string of the molecule is O=C1C2CCC(C2)C1OCC(SOOO)(C(F)(F)F)C(F)(F)F. The Morgan fingerprint density at radius 1 is 1.13 bits per heavy atom. The van der Waals surface area contributed by atoms with Crippen molar-refractivity contribution in [2.75, 3.05) is 6.61 Å². The maximum absolute atomic E-state index is 13.0. The first-order valence-electron chi connectivity index (χ1n) is 6.48. The van der Waals surface area contributed by atoms with Gasteiger partial charge in [0.05, 0.1) is 18.6 Å². The van der Waals surface area contributed by atoms with Crippen LogP contribution in [0.15, 0.2) is 0 Å². The first-order chi connectivity index (χ1) is 10.5. The van der Waals surface area contributed by atoms with Crippen LogP contribution in [0.2, 0.25) is 0 Å². The smallest absolute Gasteiger partial charge is 0.368 e.